The summed E-state index contributed by atoms with van der Waals surface area (Å²) >= 11 is 0. The lowest BCUT2D eigenvalue weighted by atomic mass is 10.2. The van der Waals surface area contributed by atoms with Gasteiger partial charge in [-0.2, -0.15) is 9.36 Å². The third-order valence-electron chi connectivity index (χ3n) is 4.20. The minimum atomic E-state index is -0.111. The molecule has 0 spiro atoms. The molecule has 1 aliphatic heterocycles. The first kappa shape index (κ1) is 13.5. The Morgan fingerprint density at radius 3 is 2.50 bits per heavy atom. The summed E-state index contributed by atoms with van der Waals surface area (Å²) in [6.07, 6.45) is 2.07. The number of tetrazole rings is 1. The predicted molar refractivity (Wildman–Crippen MR) is 81.1 cm³/mol. The highest BCUT2D eigenvalue weighted by atomic mass is 16.5. The molecule has 1 aliphatic carbocycles. The summed E-state index contributed by atoms with van der Waals surface area (Å²) in [4.78, 5) is 14.5. The maximum Gasteiger partial charge on any atom is 0.364 e. The number of morpholine rings is 1. The zero-order valence-electron chi connectivity index (χ0n) is 12.4. The molecular weight excluding hydrogens is 282 g/mol. The maximum atomic E-state index is 12.1. The third kappa shape index (κ3) is 2.64. The molecule has 2 aromatic rings. The van der Waals surface area contributed by atoms with E-state index in [9.17, 15) is 4.79 Å². The SMILES string of the molecule is O=c1n(Cc2ccc(N3CCOCC3)cc2)nnn1C1CC1. The van der Waals surface area contributed by atoms with Gasteiger partial charge in [-0.3, -0.25) is 0 Å². The van der Waals surface area contributed by atoms with Crippen LogP contribution < -0.4 is 10.6 Å². The van der Waals surface area contributed by atoms with Crippen LogP contribution in [0.3, 0.4) is 0 Å². The molecule has 1 saturated carbocycles. The van der Waals surface area contributed by atoms with Crippen LogP contribution in [0.5, 0.6) is 0 Å². The Morgan fingerprint density at radius 1 is 1.09 bits per heavy atom. The molecule has 1 aromatic heterocycles. The zero-order valence-corrected chi connectivity index (χ0v) is 12.4. The van der Waals surface area contributed by atoms with Gasteiger partial charge in [0, 0.05) is 18.8 Å². The molecule has 4 rings (SSSR count). The highest BCUT2D eigenvalue weighted by molar-refractivity contribution is 5.47. The van der Waals surface area contributed by atoms with Crippen LogP contribution >= 0.6 is 0 Å². The monoisotopic (exact) mass is 301 g/mol. The van der Waals surface area contributed by atoms with E-state index < -0.39 is 0 Å². The Kier molecular flexibility index (Phi) is 3.42. The summed E-state index contributed by atoms with van der Waals surface area (Å²) in [5.41, 5.74) is 2.14. The lowest BCUT2D eigenvalue weighted by Crippen LogP contribution is -2.36. The van der Waals surface area contributed by atoms with Crippen molar-refractivity contribution in [1.82, 2.24) is 19.8 Å². The van der Waals surface area contributed by atoms with Gasteiger partial charge in [0.1, 0.15) is 0 Å². The normalized spacial score (nSPS) is 18.6. The molecule has 7 heteroatoms. The molecule has 22 heavy (non-hydrogen) atoms. The number of rotatable bonds is 4. The number of ether oxygens (including phenoxy) is 1. The van der Waals surface area contributed by atoms with Crippen LogP contribution in [-0.4, -0.2) is 46.1 Å². The molecule has 1 saturated heterocycles. The first-order valence-electron chi connectivity index (χ1n) is 7.75. The second-order valence-corrected chi connectivity index (χ2v) is 5.86. The van der Waals surface area contributed by atoms with Crippen molar-refractivity contribution >= 4 is 5.69 Å². The number of aromatic nitrogens is 4. The predicted octanol–water partition coefficient (Wildman–Crippen LogP) is 0.660. The highest BCUT2D eigenvalue weighted by Crippen LogP contribution is 2.32. The van der Waals surface area contributed by atoms with Crippen molar-refractivity contribution in [3.8, 4) is 0 Å². The van der Waals surface area contributed by atoms with E-state index in [1.807, 2.05) is 12.1 Å². The van der Waals surface area contributed by atoms with Crippen LogP contribution in [-0.2, 0) is 11.3 Å². The number of hydrogen-bond donors (Lipinski definition) is 0. The second kappa shape index (κ2) is 5.57. The maximum absolute atomic E-state index is 12.1. The molecule has 0 N–H and O–H groups in total. The summed E-state index contributed by atoms with van der Waals surface area (Å²) in [6, 6.07) is 8.55. The van der Waals surface area contributed by atoms with E-state index in [0.717, 1.165) is 44.7 Å². The van der Waals surface area contributed by atoms with E-state index >= 15 is 0 Å². The van der Waals surface area contributed by atoms with Crippen LogP contribution in [0.1, 0.15) is 24.4 Å². The fraction of sp³-hybridized carbons (Fsp3) is 0.533. The Labute approximate surface area is 128 Å². The Bertz CT molecular complexity index is 695. The molecule has 0 atom stereocenters. The van der Waals surface area contributed by atoms with E-state index in [1.54, 1.807) is 0 Å². The lowest BCUT2D eigenvalue weighted by molar-refractivity contribution is 0.122. The number of benzene rings is 1. The van der Waals surface area contributed by atoms with E-state index in [2.05, 4.69) is 27.5 Å². The molecule has 0 radical (unpaired) electrons. The molecule has 2 fully saturated rings. The molecule has 1 aromatic carbocycles. The van der Waals surface area contributed by atoms with Gasteiger partial charge in [-0.25, -0.2) is 4.79 Å². The number of anilines is 1. The molecule has 2 aliphatic rings. The van der Waals surface area contributed by atoms with Gasteiger partial charge in [0.2, 0.25) is 0 Å². The number of nitrogens with zero attached hydrogens (tertiary/aromatic N) is 5. The van der Waals surface area contributed by atoms with E-state index in [1.165, 1.54) is 15.1 Å². The average molecular weight is 301 g/mol. The summed E-state index contributed by atoms with van der Waals surface area (Å²) in [6.45, 7) is 3.88. The van der Waals surface area contributed by atoms with Gasteiger partial charge in [-0.05, 0) is 41.0 Å². The van der Waals surface area contributed by atoms with Gasteiger partial charge in [0.15, 0.2) is 0 Å². The molecule has 0 bridgehead atoms. The Balaban J connectivity index is 1.47. The second-order valence-electron chi connectivity index (χ2n) is 5.86. The third-order valence-corrected chi connectivity index (χ3v) is 4.20. The van der Waals surface area contributed by atoms with Crippen LogP contribution in [0.15, 0.2) is 29.1 Å². The fourth-order valence-electron chi connectivity index (χ4n) is 2.74. The highest BCUT2D eigenvalue weighted by Gasteiger charge is 2.27. The van der Waals surface area contributed by atoms with Gasteiger partial charge in [-0.1, -0.05) is 12.1 Å². The lowest BCUT2D eigenvalue weighted by Gasteiger charge is -2.28. The van der Waals surface area contributed by atoms with Crippen molar-refractivity contribution in [2.75, 3.05) is 31.2 Å². The molecule has 116 valence electrons. The van der Waals surface area contributed by atoms with Crippen LogP contribution in [0, 0.1) is 0 Å². The first-order chi connectivity index (χ1) is 10.8. The quantitative estimate of drug-likeness (QED) is 0.830. The van der Waals surface area contributed by atoms with E-state index in [-0.39, 0.29) is 11.7 Å². The van der Waals surface area contributed by atoms with Crippen molar-refractivity contribution in [2.45, 2.75) is 25.4 Å². The minimum Gasteiger partial charge on any atom is -0.378 e. The number of hydrogen-bond acceptors (Lipinski definition) is 5. The Hall–Kier alpha value is -2.15. The van der Waals surface area contributed by atoms with Crippen molar-refractivity contribution in [1.29, 1.82) is 0 Å². The van der Waals surface area contributed by atoms with Crippen LogP contribution in [0.4, 0.5) is 5.69 Å². The molecular formula is C15H19N5O2. The standard InChI is InChI=1S/C15H19N5O2/c21-15-19(16-17-20(15)14-5-6-14)11-12-1-3-13(4-2-12)18-7-9-22-10-8-18/h1-4,14H,5-11H2. The van der Waals surface area contributed by atoms with Gasteiger partial charge >= 0.3 is 5.69 Å². The van der Waals surface area contributed by atoms with Crippen LogP contribution in [0.25, 0.3) is 0 Å². The van der Waals surface area contributed by atoms with Crippen molar-refractivity contribution in [3.05, 3.63) is 40.3 Å². The molecule has 7 nitrogen and oxygen atoms in total. The minimum absolute atomic E-state index is 0.111. The first-order valence-corrected chi connectivity index (χ1v) is 7.75. The molecule has 2 heterocycles. The van der Waals surface area contributed by atoms with Crippen molar-refractivity contribution in [3.63, 3.8) is 0 Å². The molecule has 0 unspecified atom stereocenters. The average Bonchev–Trinajstić information content (AvgIpc) is 3.35. The van der Waals surface area contributed by atoms with Crippen molar-refractivity contribution < 1.29 is 4.74 Å². The van der Waals surface area contributed by atoms with E-state index in [4.69, 9.17) is 4.74 Å². The van der Waals surface area contributed by atoms with Gasteiger partial charge in [0.25, 0.3) is 0 Å². The topological polar surface area (TPSA) is 65.2 Å². The zero-order chi connectivity index (χ0) is 14.9. The van der Waals surface area contributed by atoms with Gasteiger partial charge in [0.05, 0.1) is 25.8 Å². The summed E-state index contributed by atoms with van der Waals surface area (Å²) in [7, 11) is 0. The fourth-order valence-corrected chi connectivity index (χ4v) is 2.74. The van der Waals surface area contributed by atoms with Gasteiger partial charge < -0.3 is 9.64 Å². The largest absolute Gasteiger partial charge is 0.378 e. The van der Waals surface area contributed by atoms with Gasteiger partial charge in [-0.15, -0.1) is 0 Å². The summed E-state index contributed by atoms with van der Waals surface area (Å²) in [5.74, 6) is 0. The summed E-state index contributed by atoms with van der Waals surface area (Å²) in [5, 5.41) is 7.93. The summed E-state index contributed by atoms with van der Waals surface area (Å²) < 4.78 is 8.30. The smallest absolute Gasteiger partial charge is 0.364 e. The van der Waals surface area contributed by atoms with E-state index in [0.29, 0.717) is 6.54 Å². The molecule has 0 amide bonds. The Morgan fingerprint density at radius 2 is 1.82 bits per heavy atom. The van der Waals surface area contributed by atoms with Crippen LogP contribution in [0.2, 0.25) is 0 Å². The van der Waals surface area contributed by atoms with Crippen molar-refractivity contribution in [2.24, 2.45) is 0 Å².